The van der Waals surface area contributed by atoms with Crippen LogP contribution in [0.4, 0.5) is 5.69 Å². The highest BCUT2D eigenvalue weighted by molar-refractivity contribution is 5.91. The second-order valence-corrected chi connectivity index (χ2v) is 8.37. The van der Waals surface area contributed by atoms with E-state index in [1.54, 1.807) is 6.07 Å². The number of ether oxygens (including phenoxy) is 2. The maximum atomic E-state index is 12.3. The van der Waals surface area contributed by atoms with Crippen molar-refractivity contribution in [3.8, 4) is 11.5 Å². The van der Waals surface area contributed by atoms with Crippen LogP contribution in [-0.2, 0) is 0 Å². The zero-order valence-corrected chi connectivity index (χ0v) is 18.1. The van der Waals surface area contributed by atoms with Crippen LogP contribution in [-0.4, -0.2) is 21.7 Å². The molecule has 1 aliphatic heterocycles. The first-order valence-electron chi connectivity index (χ1n) is 10.7. The number of hydrogen-bond acceptors (Lipinski definition) is 4. The van der Waals surface area contributed by atoms with Crippen LogP contribution < -0.4 is 9.47 Å². The highest BCUT2D eigenvalue weighted by Gasteiger charge is 2.34. The van der Waals surface area contributed by atoms with Crippen LogP contribution in [0.3, 0.4) is 0 Å². The summed E-state index contributed by atoms with van der Waals surface area (Å²) < 4.78 is 11.1. The molecule has 2 aromatic heterocycles. The smallest absolute Gasteiger partial charge is 0.277 e. The van der Waals surface area contributed by atoms with Crippen LogP contribution in [0.5, 0.6) is 11.5 Å². The molecule has 7 heteroatoms. The zero-order valence-electron chi connectivity index (χ0n) is 18.1. The summed E-state index contributed by atoms with van der Waals surface area (Å²) in [6.07, 6.45) is 0. The summed E-state index contributed by atoms with van der Waals surface area (Å²) in [5, 5.41) is 14.3. The van der Waals surface area contributed by atoms with Crippen LogP contribution in [0.15, 0.2) is 60.7 Å². The second-order valence-electron chi connectivity index (χ2n) is 8.37. The fourth-order valence-electron chi connectivity index (χ4n) is 5.13. The van der Waals surface area contributed by atoms with Gasteiger partial charge in [0.2, 0.25) is 6.79 Å². The summed E-state index contributed by atoms with van der Waals surface area (Å²) in [5.74, 6) is 0.526. The first-order valence-corrected chi connectivity index (χ1v) is 10.7. The van der Waals surface area contributed by atoms with Crippen LogP contribution in [0.25, 0.3) is 21.8 Å². The Morgan fingerprint density at radius 1 is 0.848 bits per heavy atom. The van der Waals surface area contributed by atoms with Crippen LogP contribution in [0.1, 0.15) is 34.0 Å². The van der Waals surface area contributed by atoms with Crippen molar-refractivity contribution in [2.24, 2.45) is 0 Å². The summed E-state index contributed by atoms with van der Waals surface area (Å²) in [5.41, 5.74) is 6.55. The van der Waals surface area contributed by atoms with Crippen molar-refractivity contribution in [1.29, 1.82) is 0 Å². The molecule has 6 rings (SSSR count). The van der Waals surface area contributed by atoms with E-state index in [4.69, 9.17) is 9.47 Å². The number of nitrogens with zero attached hydrogens (tertiary/aromatic N) is 1. The first kappa shape index (κ1) is 19.4. The van der Waals surface area contributed by atoms with E-state index in [0.29, 0.717) is 17.1 Å². The van der Waals surface area contributed by atoms with Gasteiger partial charge >= 0.3 is 0 Å². The van der Waals surface area contributed by atoms with Crippen molar-refractivity contribution in [1.82, 2.24) is 9.97 Å². The van der Waals surface area contributed by atoms with E-state index in [1.165, 1.54) is 6.07 Å². The number of rotatable bonds is 4. The summed E-state index contributed by atoms with van der Waals surface area (Å²) in [6.45, 7) is 4.09. The first-order chi connectivity index (χ1) is 16.0. The van der Waals surface area contributed by atoms with Gasteiger partial charge in [-0.3, -0.25) is 10.1 Å². The molecule has 0 fully saturated rings. The second kappa shape index (κ2) is 7.13. The zero-order chi connectivity index (χ0) is 22.7. The van der Waals surface area contributed by atoms with Gasteiger partial charge in [0, 0.05) is 44.7 Å². The van der Waals surface area contributed by atoms with E-state index < -0.39 is 5.92 Å². The molecule has 3 aromatic carbocycles. The molecule has 0 amide bonds. The highest BCUT2D eigenvalue weighted by atomic mass is 16.7. The Balaban J connectivity index is 1.75. The van der Waals surface area contributed by atoms with Gasteiger partial charge in [0.15, 0.2) is 11.5 Å². The Morgan fingerprint density at radius 3 is 1.91 bits per heavy atom. The predicted octanol–water partition coefficient (Wildman–Crippen LogP) is 6.08. The minimum absolute atomic E-state index is 0.0126. The lowest BCUT2D eigenvalue weighted by molar-refractivity contribution is -0.385. The highest BCUT2D eigenvalue weighted by Crippen LogP contribution is 2.48. The molecule has 7 nitrogen and oxygen atoms in total. The number of para-hydroxylation sites is 2. The van der Waals surface area contributed by atoms with Gasteiger partial charge in [-0.25, -0.2) is 0 Å². The van der Waals surface area contributed by atoms with Crippen molar-refractivity contribution in [3.05, 3.63) is 98.9 Å². The number of benzene rings is 3. The number of hydrogen-bond donors (Lipinski definition) is 2. The molecule has 0 radical (unpaired) electrons. The molecule has 0 spiro atoms. The van der Waals surface area contributed by atoms with Crippen LogP contribution in [0, 0.1) is 24.0 Å². The molecule has 1 aliphatic rings. The number of nitro groups is 1. The quantitative estimate of drug-likeness (QED) is 0.262. The number of aromatic amines is 2. The Labute approximate surface area is 189 Å². The van der Waals surface area contributed by atoms with Crippen molar-refractivity contribution in [3.63, 3.8) is 0 Å². The molecule has 0 bridgehead atoms. The van der Waals surface area contributed by atoms with E-state index in [1.807, 2.05) is 50.2 Å². The van der Waals surface area contributed by atoms with E-state index in [2.05, 4.69) is 22.1 Å². The van der Waals surface area contributed by atoms with Crippen molar-refractivity contribution >= 4 is 27.5 Å². The van der Waals surface area contributed by atoms with E-state index in [9.17, 15) is 10.1 Å². The normalized spacial score (nSPS) is 12.8. The summed E-state index contributed by atoms with van der Waals surface area (Å²) >= 11 is 0. The van der Waals surface area contributed by atoms with Gasteiger partial charge in [-0.1, -0.05) is 36.4 Å². The van der Waals surface area contributed by atoms with Crippen molar-refractivity contribution < 1.29 is 14.4 Å². The van der Waals surface area contributed by atoms with Crippen LogP contribution >= 0.6 is 0 Å². The average Bonchev–Trinajstić information content (AvgIpc) is 3.49. The third-order valence-corrected chi connectivity index (χ3v) is 6.49. The molecular formula is C26H21N3O4. The van der Waals surface area contributed by atoms with Crippen LogP contribution in [0.2, 0.25) is 0 Å². The molecular weight excluding hydrogens is 418 g/mol. The topological polar surface area (TPSA) is 93.2 Å². The van der Waals surface area contributed by atoms with Crippen molar-refractivity contribution in [2.45, 2.75) is 19.8 Å². The lowest BCUT2D eigenvalue weighted by Crippen LogP contribution is -2.09. The molecule has 5 aromatic rings. The number of fused-ring (bicyclic) bond motifs is 3. The number of nitrogens with one attached hydrogen (secondary N) is 2. The SMILES string of the molecule is Cc1[nH]c2ccccc2c1C(c1cc2c(cc1[N+](=O)[O-])OCO2)c1c(C)[nH]c2ccccc12. The molecule has 0 saturated carbocycles. The number of aryl methyl sites for hydroxylation is 2. The standard InChI is InChI=1S/C26H21N3O4/c1-14-24(16-7-3-5-9-19(16)27-14)26(25-15(2)28-20-10-6-4-8-17(20)25)18-11-22-23(33-13-32-22)12-21(18)29(30)31/h3-12,26-28H,13H2,1-2H3. The van der Waals surface area contributed by atoms with Gasteiger partial charge in [-0.15, -0.1) is 0 Å². The Hall–Kier alpha value is -4.26. The van der Waals surface area contributed by atoms with Crippen molar-refractivity contribution in [2.75, 3.05) is 6.79 Å². The number of nitro benzene ring substituents is 1. The Bertz CT molecular complexity index is 1480. The average molecular weight is 439 g/mol. The van der Waals surface area contributed by atoms with E-state index in [0.717, 1.165) is 44.3 Å². The molecule has 0 atom stereocenters. The fraction of sp³-hybridized carbons (Fsp3) is 0.154. The molecule has 0 saturated heterocycles. The molecule has 0 unspecified atom stereocenters. The maximum Gasteiger partial charge on any atom is 0.277 e. The Kier molecular flexibility index (Phi) is 4.20. The largest absolute Gasteiger partial charge is 0.454 e. The maximum absolute atomic E-state index is 12.3. The van der Waals surface area contributed by atoms with Gasteiger partial charge in [-0.05, 0) is 43.2 Å². The monoisotopic (exact) mass is 439 g/mol. The molecule has 3 heterocycles. The lowest BCUT2D eigenvalue weighted by atomic mass is 9.81. The minimum atomic E-state index is -0.396. The number of H-pyrrole nitrogens is 2. The summed E-state index contributed by atoms with van der Waals surface area (Å²) in [4.78, 5) is 18.9. The van der Waals surface area contributed by atoms with Gasteiger partial charge in [0.1, 0.15) is 0 Å². The molecule has 2 N–H and O–H groups in total. The number of aromatic nitrogens is 2. The predicted molar refractivity (Wildman–Crippen MR) is 126 cm³/mol. The third kappa shape index (κ3) is 2.89. The minimum Gasteiger partial charge on any atom is -0.454 e. The Morgan fingerprint density at radius 2 is 1.36 bits per heavy atom. The summed E-state index contributed by atoms with van der Waals surface area (Å²) in [6, 6.07) is 19.4. The molecule has 33 heavy (non-hydrogen) atoms. The third-order valence-electron chi connectivity index (χ3n) is 6.49. The lowest BCUT2D eigenvalue weighted by Gasteiger charge is -2.20. The van der Waals surface area contributed by atoms with Gasteiger partial charge in [0.25, 0.3) is 5.69 Å². The van der Waals surface area contributed by atoms with E-state index >= 15 is 0 Å². The van der Waals surface area contributed by atoms with Gasteiger partial charge < -0.3 is 19.4 Å². The van der Waals surface area contributed by atoms with Gasteiger partial charge in [-0.2, -0.15) is 0 Å². The fourth-order valence-corrected chi connectivity index (χ4v) is 5.13. The molecule has 164 valence electrons. The summed E-state index contributed by atoms with van der Waals surface area (Å²) in [7, 11) is 0. The van der Waals surface area contributed by atoms with Gasteiger partial charge in [0.05, 0.1) is 11.0 Å². The van der Waals surface area contributed by atoms with E-state index in [-0.39, 0.29) is 17.4 Å². The molecule has 0 aliphatic carbocycles.